The summed E-state index contributed by atoms with van der Waals surface area (Å²) in [4.78, 5) is 13.1. The molecule has 1 aromatic carbocycles. The quantitative estimate of drug-likeness (QED) is 0.780. The van der Waals surface area contributed by atoms with Gasteiger partial charge in [-0.2, -0.15) is 0 Å². The Kier molecular flexibility index (Phi) is 3.51. The SMILES string of the molecule is CNC(=O)CN(C)c1ccccc1C. The fourth-order valence-corrected chi connectivity index (χ4v) is 1.37. The molecule has 0 aromatic heterocycles. The zero-order valence-electron chi connectivity index (χ0n) is 8.87. The largest absolute Gasteiger partial charge is 0.365 e. The van der Waals surface area contributed by atoms with Crippen LogP contribution >= 0.6 is 0 Å². The van der Waals surface area contributed by atoms with E-state index in [9.17, 15) is 4.79 Å². The highest BCUT2D eigenvalue weighted by molar-refractivity contribution is 5.81. The van der Waals surface area contributed by atoms with Crippen molar-refractivity contribution in [1.29, 1.82) is 0 Å². The summed E-state index contributed by atoms with van der Waals surface area (Å²) in [6, 6.07) is 8.02. The van der Waals surface area contributed by atoms with Crippen LogP contribution in [0.15, 0.2) is 24.3 Å². The number of aryl methyl sites for hydroxylation is 1. The van der Waals surface area contributed by atoms with Crippen LogP contribution < -0.4 is 10.2 Å². The van der Waals surface area contributed by atoms with Gasteiger partial charge in [0.25, 0.3) is 0 Å². The molecule has 0 bridgehead atoms. The molecular weight excluding hydrogens is 176 g/mol. The van der Waals surface area contributed by atoms with Crippen LogP contribution in [-0.2, 0) is 4.79 Å². The summed E-state index contributed by atoms with van der Waals surface area (Å²) in [7, 11) is 3.56. The number of benzene rings is 1. The first-order valence-electron chi connectivity index (χ1n) is 4.62. The maximum absolute atomic E-state index is 11.2. The number of likely N-dealkylation sites (N-methyl/N-ethyl adjacent to an activating group) is 2. The van der Waals surface area contributed by atoms with E-state index in [4.69, 9.17) is 0 Å². The molecular formula is C11H16N2O. The van der Waals surface area contributed by atoms with E-state index in [2.05, 4.69) is 5.32 Å². The molecule has 0 aliphatic carbocycles. The van der Waals surface area contributed by atoms with Crippen molar-refractivity contribution in [3.05, 3.63) is 29.8 Å². The fourth-order valence-electron chi connectivity index (χ4n) is 1.37. The first-order valence-corrected chi connectivity index (χ1v) is 4.62. The summed E-state index contributed by atoms with van der Waals surface area (Å²) in [6.07, 6.45) is 0. The minimum atomic E-state index is 0.0238. The molecule has 0 spiro atoms. The molecule has 0 atom stereocenters. The van der Waals surface area contributed by atoms with Crippen LogP contribution in [0.4, 0.5) is 5.69 Å². The second-order valence-corrected chi connectivity index (χ2v) is 3.32. The third kappa shape index (κ3) is 2.49. The van der Waals surface area contributed by atoms with Crippen LogP contribution in [0.1, 0.15) is 5.56 Å². The lowest BCUT2D eigenvalue weighted by molar-refractivity contribution is -0.119. The second kappa shape index (κ2) is 4.65. The zero-order chi connectivity index (χ0) is 10.6. The summed E-state index contributed by atoms with van der Waals surface area (Å²) < 4.78 is 0. The molecule has 1 aromatic rings. The van der Waals surface area contributed by atoms with E-state index in [1.807, 2.05) is 43.1 Å². The minimum absolute atomic E-state index is 0.0238. The molecule has 0 aliphatic heterocycles. The number of hydrogen-bond acceptors (Lipinski definition) is 2. The zero-order valence-corrected chi connectivity index (χ0v) is 8.87. The van der Waals surface area contributed by atoms with E-state index in [0.29, 0.717) is 6.54 Å². The predicted octanol–water partition coefficient (Wildman–Crippen LogP) is 1.18. The Morgan fingerprint density at radius 1 is 1.43 bits per heavy atom. The molecule has 0 fully saturated rings. The lowest BCUT2D eigenvalue weighted by atomic mass is 10.2. The molecule has 1 rings (SSSR count). The maximum Gasteiger partial charge on any atom is 0.239 e. The van der Waals surface area contributed by atoms with Gasteiger partial charge >= 0.3 is 0 Å². The number of para-hydroxylation sites is 1. The van der Waals surface area contributed by atoms with Gasteiger partial charge in [0.2, 0.25) is 5.91 Å². The maximum atomic E-state index is 11.2. The van der Waals surface area contributed by atoms with Gasteiger partial charge in [0.05, 0.1) is 6.54 Å². The van der Waals surface area contributed by atoms with Gasteiger partial charge in [-0.15, -0.1) is 0 Å². The molecule has 76 valence electrons. The summed E-state index contributed by atoms with van der Waals surface area (Å²) in [6.45, 7) is 2.43. The van der Waals surface area contributed by atoms with Gasteiger partial charge < -0.3 is 10.2 Å². The Morgan fingerprint density at radius 3 is 2.64 bits per heavy atom. The first-order chi connectivity index (χ1) is 6.65. The van der Waals surface area contributed by atoms with Crippen molar-refractivity contribution in [2.75, 3.05) is 25.5 Å². The van der Waals surface area contributed by atoms with Crippen LogP contribution in [0.25, 0.3) is 0 Å². The van der Waals surface area contributed by atoms with Gasteiger partial charge in [-0.25, -0.2) is 0 Å². The monoisotopic (exact) mass is 192 g/mol. The van der Waals surface area contributed by atoms with Crippen LogP contribution in [0.5, 0.6) is 0 Å². The summed E-state index contributed by atoms with van der Waals surface area (Å²) >= 11 is 0. The summed E-state index contributed by atoms with van der Waals surface area (Å²) in [5.74, 6) is 0.0238. The second-order valence-electron chi connectivity index (χ2n) is 3.32. The van der Waals surface area contributed by atoms with E-state index in [0.717, 1.165) is 5.69 Å². The number of nitrogens with one attached hydrogen (secondary N) is 1. The average molecular weight is 192 g/mol. The highest BCUT2D eigenvalue weighted by Crippen LogP contribution is 2.16. The summed E-state index contributed by atoms with van der Waals surface area (Å²) in [5.41, 5.74) is 2.27. The number of carbonyl (C=O) groups excluding carboxylic acids is 1. The van der Waals surface area contributed by atoms with Gasteiger partial charge in [0.15, 0.2) is 0 Å². The highest BCUT2D eigenvalue weighted by Gasteiger charge is 2.06. The van der Waals surface area contributed by atoms with Crippen LogP contribution in [0, 0.1) is 6.92 Å². The van der Waals surface area contributed by atoms with Crippen molar-refractivity contribution in [2.45, 2.75) is 6.92 Å². The predicted molar refractivity (Wildman–Crippen MR) is 58.5 cm³/mol. The van der Waals surface area contributed by atoms with Crippen molar-refractivity contribution in [3.63, 3.8) is 0 Å². The first kappa shape index (κ1) is 10.6. The van der Waals surface area contributed by atoms with Crippen LogP contribution in [-0.4, -0.2) is 26.5 Å². The van der Waals surface area contributed by atoms with Crippen molar-refractivity contribution in [1.82, 2.24) is 5.32 Å². The van der Waals surface area contributed by atoms with Crippen molar-refractivity contribution < 1.29 is 4.79 Å². The van der Waals surface area contributed by atoms with Crippen LogP contribution in [0.3, 0.4) is 0 Å². The number of anilines is 1. The Labute approximate surface area is 84.7 Å². The Hall–Kier alpha value is -1.51. The topological polar surface area (TPSA) is 32.3 Å². The van der Waals surface area contributed by atoms with Gasteiger partial charge in [0, 0.05) is 19.8 Å². The normalized spacial score (nSPS) is 9.64. The highest BCUT2D eigenvalue weighted by atomic mass is 16.1. The lowest BCUT2D eigenvalue weighted by Gasteiger charge is -2.20. The Bertz CT molecular complexity index is 323. The molecule has 0 unspecified atom stereocenters. The lowest BCUT2D eigenvalue weighted by Crippen LogP contribution is -2.33. The third-order valence-corrected chi connectivity index (χ3v) is 2.19. The molecule has 0 aliphatic rings. The summed E-state index contributed by atoms with van der Waals surface area (Å²) in [5, 5.41) is 2.60. The molecule has 0 heterocycles. The number of carbonyl (C=O) groups is 1. The van der Waals surface area contributed by atoms with E-state index in [-0.39, 0.29) is 5.91 Å². The standard InChI is InChI=1S/C11H16N2O/c1-9-6-4-5-7-10(9)13(3)8-11(14)12-2/h4-7H,8H2,1-3H3,(H,12,14). The van der Waals surface area contributed by atoms with E-state index in [1.165, 1.54) is 5.56 Å². The average Bonchev–Trinajstić information content (AvgIpc) is 2.18. The Morgan fingerprint density at radius 2 is 2.07 bits per heavy atom. The van der Waals surface area contributed by atoms with E-state index in [1.54, 1.807) is 7.05 Å². The molecule has 0 saturated heterocycles. The van der Waals surface area contributed by atoms with E-state index < -0.39 is 0 Å². The number of amides is 1. The van der Waals surface area contributed by atoms with Gasteiger partial charge in [0.1, 0.15) is 0 Å². The number of nitrogens with zero attached hydrogens (tertiary/aromatic N) is 1. The number of hydrogen-bond donors (Lipinski definition) is 1. The fraction of sp³-hybridized carbons (Fsp3) is 0.364. The molecule has 1 amide bonds. The Balaban J connectivity index is 2.74. The molecule has 1 N–H and O–H groups in total. The van der Waals surface area contributed by atoms with Gasteiger partial charge in [-0.05, 0) is 18.6 Å². The molecule has 14 heavy (non-hydrogen) atoms. The third-order valence-electron chi connectivity index (χ3n) is 2.19. The van der Waals surface area contributed by atoms with Gasteiger partial charge in [-0.1, -0.05) is 18.2 Å². The molecule has 3 nitrogen and oxygen atoms in total. The smallest absolute Gasteiger partial charge is 0.239 e. The van der Waals surface area contributed by atoms with Crippen molar-refractivity contribution in [2.24, 2.45) is 0 Å². The van der Waals surface area contributed by atoms with E-state index >= 15 is 0 Å². The molecule has 0 saturated carbocycles. The van der Waals surface area contributed by atoms with Gasteiger partial charge in [-0.3, -0.25) is 4.79 Å². The van der Waals surface area contributed by atoms with Crippen LogP contribution in [0.2, 0.25) is 0 Å². The molecule has 0 radical (unpaired) electrons. The van der Waals surface area contributed by atoms with Crippen molar-refractivity contribution >= 4 is 11.6 Å². The number of rotatable bonds is 3. The molecule has 3 heteroatoms. The van der Waals surface area contributed by atoms with Crippen molar-refractivity contribution in [3.8, 4) is 0 Å². The minimum Gasteiger partial charge on any atom is -0.365 e.